The Labute approximate surface area is 210 Å². The zero-order valence-corrected chi connectivity index (χ0v) is 21.6. The molecule has 0 bridgehead atoms. The fourth-order valence-electron chi connectivity index (χ4n) is 4.56. The van der Waals surface area contributed by atoms with Crippen molar-refractivity contribution < 1.29 is 14.3 Å². The predicted molar refractivity (Wildman–Crippen MR) is 139 cm³/mol. The highest BCUT2D eigenvalue weighted by molar-refractivity contribution is 7.13. The second-order valence-corrected chi connectivity index (χ2v) is 11.2. The summed E-state index contributed by atoms with van der Waals surface area (Å²) in [7, 11) is 0. The third kappa shape index (κ3) is 7.12. The minimum absolute atomic E-state index is 0.00419. The van der Waals surface area contributed by atoms with E-state index < -0.39 is 5.60 Å². The summed E-state index contributed by atoms with van der Waals surface area (Å²) in [6, 6.07) is 15.8. The van der Waals surface area contributed by atoms with Gasteiger partial charge in [0.1, 0.15) is 17.9 Å². The SMILES string of the molecule is CC(C)(C)OC(=O)COC[C@H]1CC[C@H](Cn2nc(-c3cccs3)c(-c3ccccc3)cc2=O)CC1. The van der Waals surface area contributed by atoms with Crippen molar-refractivity contribution in [2.45, 2.75) is 58.6 Å². The predicted octanol–water partition coefficient (Wildman–Crippen LogP) is 5.80. The van der Waals surface area contributed by atoms with Crippen molar-refractivity contribution in [2.75, 3.05) is 13.2 Å². The monoisotopic (exact) mass is 494 g/mol. The van der Waals surface area contributed by atoms with E-state index in [0.717, 1.165) is 47.4 Å². The molecule has 2 aromatic heterocycles. The van der Waals surface area contributed by atoms with E-state index in [-0.39, 0.29) is 18.1 Å². The number of benzene rings is 1. The molecule has 1 aliphatic rings. The van der Waals surface area contributed by atoms with Crippen LogP contribution in [0.3, 0.4) is 0 Å². The molecule has 186 valence electrons. The fourth-order valence-corrected chi connectivity index (χ4v) is 5.28. The van der Waals surface area contributed by atoms with E-state index in [1.54, 1.807) is 22.1 Å². The van der Waals surface area contributed by atoms with Gasteiger partial charge in [0.2, 0.25) is 0 Å². The Morgan fingerprint density at radius 1 is 1.06 bits per heavy atom. The Kier molecular flexibility index (Phi) is 8.19. The number of rotatable bonds is 8. The summed E-state index contributed by atoms with van der Waals surface area (Å²) < 4.78 is 12.6. The molecule has 4 rings (SSSR count). The lowest BCUT2D eigenvalue weighted by Crippen LogP contribution is -2.30. The normalized spacial score (nSPS) is 18.4. The summed E-state index contributed by atoms with van der Waals surface area (Å²) in [6.07, 6.45) is 4.08. The Morgan fingerprint density at radius 3 is 2.43 bits per heavy atom. The number of ether oxygens (including phenoxy) is 2. The van der Waals surface area contributed by atoms with Crippen LogP contribution in [0.1, 0.15) is 46.5 Å². The lowest BCUT2D eigenvalue weighted by Gasteiger charge is -2.28. The molecule has 35 heavy (non-hydrogen) atoms. The molecule has 3 aromatic rings. The second kappa shape index (κ2) is 11.3. The molecule has 1 saturated carbocycles. The first-order chi connectivity index (χ1) is 16.8. The summed E-state index contributed by atoms with van der Waals surface area (Å²) in [5.74, 6) is 0.513. The van der Waals surface area contributed by atoms with Gasteiger partial charge in [0.05, 0.1) is 11.5 Å². The molecule has 6 nitrogen and oxygen atoms in total. The van der Waals surface area contributed by atoms with Crippen LogP contribution in [0.5, 0.6) is 0 Å². The maximum absolute atomic E-state index is 13.0. The van der Waals surface area contributed by atoms with Crippen molar-refractivity contribution in [3.8, 4) is 21.7 Å². The van der Waals surface area contributed by atoms with Crippen LogP contribution in [0.15, 0.2) is 58.7 Å². The van der Waals surface area contributed by atoms with Crippen LogP contribution in [0, 0.1) is 11.8 Å². The molecular formula is C28H34N2O4S. The summed E-state index contributed by atoms with van der Waals surface area (Å²) in [4.78, 5) is 25.9. The molecule has 0 spiro atoms. The van der Waals surface area contributed by atoms with E-state index in [1.165, 1.54) is 0 Å². The quantitative estimate of drug-likeness (QED) is 0.370. The van der Waals surface area contributed by atoms with Crippen LogP contribution in [0.25, 0.3) is 21.7 Å². The molecule has 0 unspecified atom stereocenters. The van der Waals surface area contributed by atoms with Gasteiger partial charge in [-0.05, 0) is 75.3 Å². The molecule has 0 atom stereocenters. The van der Waals surface area contributed by atoms with E-state index in [4.69, 9.17) is 14.6 Å². The topological polar surface area (TPSA) is 70.4 Å². The third-order valence-corrected chi connectivity index (χ3v) is 7.10. The number of esters is 1. The lowest BCUT2D eigenvalue weighted by molar-refractivity contribution is -0.160. The molecule has 0 amide bonds. The maximum Gasteiger partial charge on any atom is 0.332 e. The lowest BCUT2D eigenvalue weighted by atomic mass is 9.82. The molecule has 0 aliphatic heterocycles. The van der Waals surface area contributed by atoms with Crippen LogP contribution in [-0.4, -0.2) is 34.6 Å². The Morgan fingerprint density at radius 2 is 1.77 bits per heavy atom. The van der Waals surface area contributed by atoms with Gasteiger partial charge >= 0.3 is 5.97 Å². The Balaban J connectivity index is 1.37. The largest absolute Gasteiger partial charge is 0.458 e. The van der Waals surface area contributed by atoms with Crippen molar-refractivity contribution in [3.63, 3.8) is 0 Å². The minimum atomic E-state index is -0.493. The number of nitrogens with zero attached hydrogens (tertiary/aromatic N) is 2. The van der Waals surface area contributed by atoms with E-state index in [0.29, 0.717) is 25.0 Å². The van der Waals surface area contributed by atoms with Gasteiger partial charge < -0.3 is 9.47 Å². The first kappa shape index (κ1) is 25.3. The van der Waals surface area contributed by atoms with Gasteiger partial charge in [-0.15, -0.1) is 11.3 Å². The maximum atomic E-state index is 13.0. The van der Waals surface area contributed by atoms with Crippen LogP contribution in [0.2, 0.25) is 0 Å². The van der Waals surface area contributed by atoms with Crippen molar-refractivity contribution in [1.82, 2.24) is 9.78 Å². The first-order valence-corrected chi connectivity index (χ1v) is 13.2. The molecule has 2 heterocycles. The van der Waals surface area contributed by atoms with E-state index >= 15 is 0 Å². The van der Waals surface area contributed by atoms with E-state index in [1.807, 2.05) is 62.5 Å². The third-order valence-electron chi connectivity index (χ3n) is 6.23. The van der Waals surface area contributed by atoms with Crippen LogP contribution < -0.4 is 5.56 Å². The average Bonchev–Trinajstić information content (AvgIpc) is 3.35. The van der Waals surface area contributed by atoms with Crippen molar-refractivity contribution in [1.29, 1.82) is 0 Å². The van der Waals surface area contributed by atoms with Gasteiger partial charge in [-0.25, -0.2) is 9.48 Å². The van der Waals surface area contributed by atoms with Crippen molar-refractivity contribution in [2.24, 2.45) is 11.8 Å². The molecule has 1 aromatic carbocycles. The first-order valence-electron chi connectivity index (χ1n) is 12.3. The van der Waals surface area contributed by atoms with E-state index in [9.17, 15) is 9.59 Å². The zero-order valence-electron chi connectivity index (χ0n) is 20.7. The standard InChI is InChI=1S/C28H34N2O4S/c1-28(2,3)34-26(32)19-33-18-21-13-11-20(12-14-21)17-30-25(31)16-23(22-8-5-4-6-9-22)27(29-30)24-10-7-15-35-24/h4-10,15-16,20-21H,11-14,17-19H2,1-3H3/t20-,21-. The fraction of sp³-hybridized carbons (Fsp3) is 0.464. The Bertz CT molecular complexity index is 1160. The van der Waals surface area contributed by atoms with Gasteiger partial charge in [0, 0.05) is 18.2 Å². The Hall–Kier alpha value is -2.77. The molecule has 1 fully saturated rings. The van der Waals surface area contributed by atoms with Crippen molar-refractivity contribution in [3.05, 3.63) is 64.3 Å². The number of carbonyl (C=O) groups is 1. The smallest absolute Gasteiger partial charge is 0.332 e. The van der Waals surface area contributed by atoms with Gasteiger partial charge in [-0.1, -0.05) is 36.4 Å². The number of hydrogen-bond donors (Lipinski definition) is 0. The molecule has 1 aliphatic carbocycles. The van der Waals surface area contributed by atoms with Crippen LogP contribution >= 0.6 is 11.3 Å². The average molecular weight is 495 g/mol. The van der Waals surface area contributed by atoms with Crippen LogP contribution in [-0.2, 0) is 20.8 Å². The van der Waals surface area contributed by atoms with Crippen LogP contribution in [0.4, 0.5) is 0 Å². The molecule has 7 heteroatoms. The second-order valence-electron chi connectivity index (χ2n) is 10.3. The minimum Gasteiger partial charge on any atom is -0.458 e. The highest BCUT2D eigenvalue weighted by atomic mass is 32.1. The number of carbonyl (C=O) groups excluding carboxylic acids is 1. The summed E-state index contributed by atoms with van der Waals surface area (Å²) in [5, 5.41) is 6.88. The van der Waals surface area contributed by atoms with E-state index in [2.05, 4.69) is 6.07 Å². The zero-order chi connectivity index (χ0) is 24.8. The number of hydrogen-bond acceptors (Lipinski definition) is 6. The highest BCUT2D eigenvalue weighted by Gasteiger charge is 2.24. The molecular weight excluding hydrogens is 460 g/mol. The van der Waals surface area contributed by atoms with Gasteiger partial charge in [0.25, 0.3) is 5.56 Å². The summed E-state index contributed by atoms with van der Waals surface area (Å²) >= 11 is 1.63. The number of aromatic nitrogens is 2. The van der Waals surface area contributed by atoms with Gasteiger partial charge in [-0.3, -0.25) is 4.79 Å². The summed E-state index contributed by atoms with van der Waals surface area (Å²) in [5.41, 5.74) is 2.18. The van der Waals surface area contributed by atoms with Gasteiger partial charge in [0.15, 0.2) is 0 Å². The highest BCUT2D eigenvalue weighted by Crippen LogP contribution is 2.33. The van der Waals surface area contributed by atoms with Crippen molar-refractivity contribution >= 4 is 17.3 Å². The molecule has 0 radical (unpaired) electrons. The number of thiophene rings is 1. The van der Waals surface area contributed by atoms with Gasteiger partial charge in [-0.2, -0.15) is 5.10 Å². The summed E-state index contributed by atoms with van der Waals surface area (Å²) in [6.45, 7) is 6.74. The molecule has 0 N–H and O–H groups in total. The molecule has 0 saturated heterocycles.